The zero-order chi connectivity index (χ0) is 10.4. The van der Waals surface area contributed by atoms with Crippen molar-refractivity contribution in [3.8, 4) is 0 Å². The molecule has 0 saturated carbocycles. The van der Waals surface area contributed by atoms with E-state index in [0.717, 1.165) is 0 Å². The van der Waals surface area contributed by atoms with E-state index in [1.807, 2.05) is 0 Å². The first-order valence-electron chi connectivity index (χ1n) is 4.29. The summed E-state index contributed by atoms with van der Waals surface area (Å²) in [6.45, 7) is 5.34. The largest absolute Gasteiger partial charge is 0.385 e. The van der Waals surface area contributed by atoms with E-state index in [0.29, 0.717) is 13.0 Å². The van der Waals surface area contributed by atoms with Gasteiger partial charge in [0.1, 0.15) is 12.2 Å². The second-order valence-electron chi connectivity index (χ2n) is 2.97. The average molecular weight is 188 g/mol. The number of ketones is 2. The van der Waals surface area contributed by atoms with Crippen LogP contribution in [0.15, 0.2) is 0 Å². The van der Waals surface area contributed by atoms with E-state index in [9.17, 15) is 9.59 Å². The first-order chi connectivity index (χ1) is 5.99. The minimum atomic E-state index is -0.736. The summed E-state index contributed by atoms with van der Waals surface area (Å²) in [6.07, 6.45) is -0.250. The summed E-state index contributed by atoms with van der Waals surface area (Å²) in [7, 11) is 0. The number of ether oxygens (including phenoxy) is 1. The van der Waals surface area contributed by atoms with Crippen LogP contribution in [0.1, 0.15) is 27.2 Å². The summed E-state index contributed by atoms with van der Waals surface area (Å²) < 4.78 is 4.62. The van der Waals surface area contributed by atoms with Gasteiger partial charge >= 0.3 is 0 Å². The predicted molar refractivity (Wildman–Crippen MR) is 47.4 cm³/mol. The van der Waals surface area contributed by atoms with E-state index >= 15 is 0 Å². The number of carbonyl (C=O) groups excluding carboxylic acids is 2. The maximum Gasteiger partial charge on any atom is 0.160 e. The molecule has 2 atom stereocenters. The Morgan fingerprint density at radius 3 is 2.00 bits per heavy atom. The van der Waals surface area contributed by atoms with Crippen LogP contribution < -0.4 is 0 Å². The third-order valence-corrected chi connectivity index (χ3v) is 1.64. The van der Waals surface area contributed by atoms with Crippen LogP contribution in [0, 0.1) is 0 Å². The van der Waals surface area contributed by atoms with Crippen molar-refractivity contribution >= 4 is 11.6 Å². The van der Waals surface area contributed by atoms with Crippen LogP contribution in [0.2, 0.25) is 0 Å². The van der Waals surface area contributed by atoms with Crippen LogP contribution in [0.4, 0.5) is 0 Å². The quantitative estimate of drug-likeness (QED) is 0.648. The zero-order valence-electron chi connectivity index (χ0n) is 8.24. The van der Waals surface area contributed by atoms with Crippen LogP contribution in [0.3, 0.4) is 0 Å². The van der Waals surface area contributed by atoms with Gasteiger partial charge in [-0.25, -0.2) is 0 Å². The molecule has 0 amide bonds. The first-order valence-corrected chi connectivity index (χ1v) is 4.29. The van der Waals surface area contributed by atoms with Gasteiger partial charge < -0.3 is 9.84 Å². The van der Waals surface area contributed by atoms with Gasteiger partial charge in [-0.3, -0.25) is 9.59 Å². The molecule has 13 heavy (non-hydrogen) atoms. The fourth-order valence-electron chi connectivity index (χ4n) is 0.570. The van der Waals surface area contributed by atoms with Gasteiger partial charge in [-0.05, 0) is 20.3 Å². The van der Waals surface area contributed by atoms with Crippen LogP contribution in [-0.4, -0.2) is 35.5 Å². The standard InChI is InChI=1S/C5H10O2.C4H6O2/c1-3-5(7)4(2)6;1-3(5)4-2-6-4/h5,7H,3H2,1-2H3;4H,2H2,1H3. The Bertz CT molecular complexity index is 184. The topological polar surface area (TPSA) is 66.9 Å². The molecule has 1 aliphatic heterocycles. The Hall–Kier alpha value is -0.740. The number of epoxide rings is 1. The van der Waals surface area contributed by atoms with Crippen molar-refractivity contribution in [2.45, 2.75) is 39.4 Å². The highest BCUT2D eigenvalue weighted by Crippen LogP contribution is 2.07. The molecule has 0 aromatic heterocycles. The lowest BCUT2D eigenvalue weighted by Gasteiger charge is -1.97. The van der Waals surface area contributed by atoms with Gasteiger partial charge in [0.25, 0.3) is 0 Å². The van der Waals surface area contributed by atoms with Gasteiger partial charge in [0.2, 0.25) is 0 Å². The molecule has 76 valence electrons. The third-order valence-electron chi connectivity index (χ3n) is 1.64. The molecule has 0 radical (unpaired) electrons. The van der Waals surface area contributed by atoms with Gasteiger partial charge in [0.15, 0.2) is 11.6 Å². The van der Waals surface area contributed by atoms with E-state index in [4.69, 9.17) is 5.11 Å². The molecule has 1 saturated heterocycles. The normalized spacial score (nSPS) is 21.1. The lowest BCUT2D eigenvalue weighted by Crippen LogP contribution is -2.14. The highest BCUT2D eigenvalue weighted by atomic mass is 16.6. The summed E-state index contributed by atoms with van der Waals surface area (Å²) in [5, 5.41) is 8.59. The average Bonchev–Trinajstić information content (AvgIpc) is 2.85. The van der Waals surface area contributed by atoms with Gasteiger partial charge in [-0.15, -0.1) is 0 Å². The number of aliphatic hydroxyl groups excluding tert-OH is 1. The van der Waals surface area contributed by atoms with Crippen molar-refractivity contribution in [2.24, 2.45) is 0 Å². The summed E-state index contributed by atoms with van der Waals surface area (Å²) in [5.41, 5.74) is 0. The molecule has 0 spiro atoms. The van der Waals surface area contributed by atoms with Crippen molar-refractivity contribution < 1.29 is 19.4 Å². The lowest BCUT2D eigenvalue weighted by atomic mass is 10.2. The van der Waals surface area contributed by atoms with Crippen molar-refractivity contribution in [1.82, 2.24) is 0 Å². The molecule has 0 bridgehead atoms. The number of hydrogen-bond acceptors (Lipinski definition) is 4. The Labute approximate surface area is 77.9 Å². The molecule has 1 aliphatic rings. The number of hydrogen-bond donors (Lipinski definition) is 1. The molecular weight excluding hydrogens is 172 g/mol. The molecular formula is C9H16O4. The monoisotopic (exact) mass is 188 g/mol. The van der Waals surface area contributed by atoms with E-state index in [1.165, 1.54) is 13.8 Å². The molecule has 0 aromatic rings. The predicted octanol–water partition coefficient (Wildman–Crippen LogP) is 0.320. The molecule has 0 aromatic carbocycles. The van der Waals surface area contributed by atoms with Gasteiger partial charge in [0, 0.05) is 0 Å². The smallest absolute Gasteiger partial charge is 0.160 e. The van der Waals surface area contributed by atoms with E-state index in [2.05, 4.69) is 4.74 Å². The Morgan fingerprint density at radius 1 is 1.54 bits per heavy atom. The van der Waals surface area contributed by atoms with Crippen molar-refractivity contribution in [3.63, 3.8) is 0 Å². The SMILES string of the molecule is CC(=O)C1CO1.CCC(O)C(C)=O. The Kier molecular flexibility index (Phi) is 5.50. The van der Waals surface area contributed by atoms with E-state index in [-0.39, 0.29) is 17.7 Å². The van der Waals surface area contributed by atoms with Gasteiger partial charge in [-0.2, -0.15) is 0 Å². The van der Waals surface area contributed by atoms with Gasteiger partial charge in [0.05, 0.1) is 6.61 Å². The fourth-order valence-corrected chi connectivity index (χ4v) is 0.570. The highest BCUT2D eigenvalue weighted by Gasteiger charge is 2.26. The number of aliphatic hydroxyl groups is 1. The Balaban J connectivity index is 0.000000223. The molecule has 1 rings (SSSR count). The van der Waals surface area contributed by atoms with Gasteiger partial charge in [-0.1, -0.05) is 6.92 Å². The van der Waals surface area contributed by atoms with E-state index < -0.39 is 6.10 Å². The summed E-state index contributed by atoms with van der Waals surface area (Å²) in [6, 6.07) is 0. The molecule has 0 aliphatic carbocycles. The Morgan fingerprint density at radius 2 is 2.00 bits per heavy atom. The maximum atomic E-state index is 10.1. The second-order valence-corrected chi connectivity index (χ2v) is 2.97. The van der Waals surface area contributed by atoms with Crippen LogP contribution in [0.25, 0.3) is 0 Å². The van der Waals surface area contributed by atoms with Crippen molar-refractivity contribution in [3.05, 3.63) is 0 Å². The fraction of sp³-hybridized carbons (Fsp3) is 0.778. The van der Waals surface area contributed by atoms with Crippen LogP contribution in [-0.2, 0) is 14.3 Å². The van der Waals surface area contributed by atoms with Crippen LogP contribution >= 0.6 is 0 Å². The minimum absolute atomic E-state index is 0.0370. The number of Topliss-reactive ketones (excluding diaryl/α,β-unsaturated/α-hetero) is 2. The summed E-state index contributed by atoms with van der Waals surface area (Å²) in [5.74, 6) is -0.00231. The first kappa shape index (κ1) is 12.3. The van der Waals surface area contributed by atoms with Crippen molar-refractivity contribution in [1.29, 1.82) is 0 Å². The van der Waals surface area contributed by atoms with Crippen LogP contribution in [0.5, 0.6) is 0 Å². The summed E-state index contributed by atoms with van der Waals surface area (Å²) >= 11 is 0. The number of carbonyl (C=O) groups is 2. The van der Waals surface area contributed by atoms with Crippen molar-refractivity contribution in [2.75, 3.05) is 6.61 Å². The third kappa shape index (κ3) is 6.42. The van der Waals surface area contributed by atoms with E-state index in [1.54, 1.807) is 6.92 Å². The summed E-state index contributed by atoms with van der Waals surface area (Å²) in [4.78, 5) is 20.2. The molecule has 4 nitrogen and oxygen atoms in total. The second kappa shape index (κ2) is 5.83. The number of rotatable bonds is 3. The molecule has 1 fully saturated rings. The molecule has 1 N–H and O–H groups in total. The molecule has 4 heteroatoms. The highest BCUT2D eigenvalue weighted by molar-refractivity contribution is 5.82. The molecule has 1 heterocycles. The minimum Gasteiger partial charge on any atom is -0.385 e. The molecule has 2 unspecified atom stereocenters. The zero-order valence-corrected chi connectivity index (χ0v) is 8.24. The maximum absolute atomic E-state index is 10.1. The lowest BCUT2D eigenvalue weighted by molar-refractivity contribution is -0.125.